The maximum atomic E-state index is 13.0. The minimum Gasteiger partial charge on any atom is -0.493 e. The Morgan fingerprint density at radius 3 is 1.44 bits per heavy atom. The zero-order chi connectivity index (χ0) is 23.3. The Kier molecular flexibility index (Phi) is 7.62. The van der Waals surface area contributed by atoms with Gasteiger partial charge in [0.15, 0.2) is 28.8 Å². The molecule has 0 aliphatic heterocycles. The van der Waals surface area contributed by atoms with Crippen molar-refractivity contribution in [2.75, 3.05) is 14.2 Å². The number of allylic oxidation sites excluding steroid dienone is 2. The number of carbonyl (C=O) groups excluding carboxylic acids is 1. The monoisotopic (exact) mass is 436 g/mol. The molecule has 3 rings (SSSR count). The van der Waals surface area contributed by atoms with Crippen molar-refractivity contribution < 1.29 is 23.7 Å². The maximum absolute atomic E-state index is 13.0. The van der Waals surface area contributed by atoms with Crippen LogP contribution in [-0.2, 0) is 4.79 Å². The normalized spacial score (nSPS) is 16.3. The third kappa shape index (κ3) is 5.72. The van der Waals surface area contributed by atoms with Crippen LogP contribution in [-0.4, -0.2) is 32.2 Å². The van der Waals surface area contributed by atoms with Gasteiger partial charge >= 0.3 is 0 Å². The highest BCUT2D eigenvalue weighted by Crippen LogP contribution is 2.34. The van der Waals surface area contributed by atoms with Gasteiger partial charge in [-0.15, -0.1) is 0 Å². The second kappa shape index (κ2) is 10.4. The number of hydrogen-bond acceptors (Lipinski definition) is 5. The van der Waals surface area contributed by atoms with Crippen LogP contribution in [0, 0.1) is 0 Å². The molecule has 0 unspecified atom stereocenters. The van der Waals surface area contributed by atoms with Gasteiger partial charge in [-0.1, -0.05) is 12.1 Å². The maximum Gasteiger partial charge on any atom is 0.185 e. The molecule has 0 N–H and O–H groups in total. The van der Waals surface area contributed by atoms with E-state index in [0.717, 1.165) is 22.3 Å². The first-order chi connectivity index (χ1) is 15.3. The van der Waals surface area contributed by atoms with Gasteiger partial charge in [-0.25, -0.2) is 0 Å². The summed E-state index contributed by atoms with van der Waals surface area (Å²) in [5.41, 5.74) is 3.42. The molecule has 0 bridgehead atoms. The SMILES string of the molecule is COc1cc(/C=C2/CC/C(=C\c3ccc(OC(C)C)c(OC)c3)C2=O)ccc1OC(C)C. The molecule has 32 heavy (non-hydrogen) atoms. The first kappa shape index (κ1) is 23.5. The van der Waals surface area contributed by atoms with Gasteiger partial charge in [-0.3, -0.25) is 4.79 Å². The Hall–Kier alpha value is -3.21. The lowest BCUT2D eigenvalue weighted by Gasteiger charge is -2.14. The summed E-state index contributed by atoms with van der Waals surface area (Å²) in [5, 5.41) is 0. The average Bonchev–Trinajstić information content (AvgIpc) is 3.08. The van der Waals surface area contributed by atoms with E-state index in [1.54, 1.807) is 14.2 Å². The van der Waals surface area contributed by atoms with Crippen molar-refractivity contribution in [2.24, 2.45) is 0 Å². The molecule has 5 nitrogen and oxygen atoms in total. The number of rotatable bonds is 8. The first-order valence-electron chi connectivity index (χ1n) is 11.0. The van der Waals surface area contributed by atoms with Crippen LogP contribution in [0.3, 0.4) is 0 Å². The fraction of sp³-hybridized carbons (Fsp3) is 0.370. The molecule has 0 aromatic heterocycles. The number of hydrogen-bond donors (Lipinski definition) is 0. The third-order valence-electron chi connectivity index (χ3n) is 5.03. The standard InChI is InChI=1S/C27H32O5/c1-17(2)31-23-11-7-19(15-25(23)29-5)13-21-9-10-22(27(21)28)14-20-8-12-24(32-18(3)4)26(16-20)30-6/h7-8,11-18H,9-10H2,1-6H3/b21-13-,22-14+. The van der Waals surface area contributed by atoms with E-state index < -0.39 is 0 Å². The van der Waals surface area contributed by atoms with Crippen LogP contribution in [0.5, 0.6) is 23.0 Å². The summed E-state index contributed by atoms with van der Waals surface area (Å²) in [5.74, 6) is 2.78. The van der Waals surface area contributed by atoms with Gasteiger partial charge in [0.2, 0.25) is 0 Å². The molecule has 0 radical (unpaired) electrons. The van der Waals surface area contributed by atoms with Crippen molar-refractivity contribution in [2.45, 2.75) is 52.7 Å². The number of benzene rings is 2. The highest BCUT2D eigenvalue weighted by molar-refractivity contribution is 6.15. The predicted octanol–water partition coefficient (Wildman–Crippen LogP) is 6.11. The van der Waals surface area contributed by atoms with Crippen molar-refractivity contribution >= 4 is 17.9 Å². The van der Waals surface area contributed by atoms with Crippen molar-refractivity contribution in [3.05, 3.63) is 58.7 Å². The summed E-state index contributed by atoms with van der Waals surface area (Å²) < 4.78 is 22.5. The Bertz CT molecular complexity index is 949. The highest BCUT2D eigenvalue weighted by atomic mass is 16.5. The van der Waals surface area contributed by atoms with Crippen molar-refractivity contribution in [1.29, 1.82) is 0 Å². The molecule has 1 aliphatic rings. The second-order valence-electron chi connectivity index (χ2n) is 8.32. The summed E-state index contributed by atoms with van der Waals surface area (Å²) in [6, 6.07) is 11.5. The predicted molar refractivity (Wildman–Crippen MR) is 128 cm³/mol. The molecule has 1 fully saturated rings. The Labute approximate surface area is 190 Å². The lowest BCUT2D eigenvalue weighted by molar-refractivity contribution is -0.111. The van der Waals surface area contributed by atoms with Crippen LogP contribution >= 0.6 is 0 Å². The molecule has 0 spiro atoms. The van der Waals surface area contributed by atoms with E-state index >= 15 is 0 Å². The highest BCUT2D eigenvalue weighted by Gasteiger charge is 2.23. The average molecular weight is 437 g/mol. The number of Topliss-reactive ketones (excluding diaryl/α,β-unsaturated/α-hetero) is 1. The van der Waals surface area contributed by atoms with Gasteiger partial charge < -0.3 is 18.9 Å². The molecule has 2 aromatic carbocycles. The topological polar surface area (TPSA) is 54.0 Å². The van der Waals surface area contributed by atoms with Crippen LogP contribution in [0.15, 0.2) is 47.5 Å². The van der Waals surface area contributed by atoms with Crippen LogP contribution < -0.4 is 18.9 Å². The molecule has 0 atom stereocenters. The number of ether oxygens (including phenoxy) is 4. The summed E-state index contributed by atoms with van der Waals surface area (Å²) in [6.07, 6.45) is 5.41. The Morgan fingerprint density at radius 1 is 0.688 bits per heavy atom. The van der Waals surface area contributed by atoms with E-state index in [-0.39, 0.29) is 18.0 Å². The second-order valence-corrected chi connectivity index (χ2v) is 8.32. The van der Waals surface area contributed by atoms with Crippen LogP contribution in [0.25, 0.3) is 12.2 Å². The van der Waals surface area contributed by atoms with Gasteiger partial charge in [0.25, 0.3) is 0 Å². The molecule has 1 aliphatic carbocycles. The zero-order valence-corrected chi connectivity index (χ0v) is 19.7. The quantitative estimate of drug-likeness (QED) is 0.468. The molecular formula is C27H32O5. The number of methoxy groups -OCH3 is 2. The molecule has 5 heteroatoms. The molecule has 2 aromatic rings. The summed E-state index contributed by atoms with van der Waals surface area (Å²) in [6.45, 7) is 7.89. The molecule has 170 valence electrons. The van der Waals surface area contributed by atoms with Crippen LogP contribution in [0.4, 0.5) is 0 Å². The van der Waals surface area contributed by atoms with E-state index in [4.69, 9.17) is 18.9 Å². The summed E-state index contributed by atoms with van der Waals surface area (Å²) in [7, 11) is 3.24. The van der Waals surface area contributed by atoms with Gasteiger partial charge in [0.05, 0.1) is 26.4 Å². The number of carbonyl (C=O) groups is 1. The van der Waals surface area contributed by atoms with E-state index in [1.807, 2.05) is 76.2 Å². The number of ketones is 1. The Morgan fingerprint density at radius 2 is 1.09 bits per heavy atom. The van der Waals surface area contributed by atoms with Gasteiger partial charge in [0.1, 0.15) is 0 Å². The van der Waals surface area contributed by atoms with Gasteiger partial charge in [-0.2, -0.15) is 0 Å². The minimum atomic E-state index is 0.0573. The van der Waals surface area contributed by atoms with E-state index in [1.165, 1.54) is 0 Å². The first-order valence-corrected chi connectivity index (χ1v) is 11.0. The zero-order valence-electron chi connectivity index (χ0n) is 19.7. The van der Waals surface area contributed by atoms with Crippen LogP contribution in [0.1, 0.15) is 51.7 Å². The fourth-order valence-corrected chi connectivity index (χ4v) is 3.63. The van der Waals surface area contributed by atoms with Gasteiger partial charge in [0, 0.05) is 11.1 Å². The molecule has 0 heterocycles. The minimum absolute atomic E-state index is 0.0573. The lowest BCUT2D eigenvalue weighted by Crippen LogP contribution is -2.06. The molecule has 0 amide bonds. The van der Waals surface area contributed by atoms with E-state index in [0.29, 0.717) is 35.8 Å². The van der Waals surface area contributed by atoms with Crippen LogP contribution in [0.2, 0.25) is 0 Å². The summed E-state index contributed by atoms with van der Waals surface area (Å²) >= 11 is 0. The summed E-state index contributed by atoms with van der Waals surface area (Å²) in [4.78, 5) is 13.0. The van der Waals surface area contributed by atoms with Gasteiger partial charge in [-0.05, 0) is 88.1 Å². The smallest absolute Gasteiger partial charge is 0.185 e. The van der Waals surface area contributed by atoms with Crippen molar-refractivity contribution in [3.63, 3.8) is 0 Å². The Balaban J connectivity index is 1.81. The van der Waals surface area contributed by atoms with E-state index in [2.05, 4.69) is 0 Å². The largest absolute Gasteiger partial charge is 0.493 e. The molecule has 0 saturated heterocycles. The fourth-order valence-electron chi connectivity index (χ4n) is 3.63. The third-order valence-corrected chi connectivity index (χ3v) is 5.03. The molecule has 1 saturated carbocycles. The lowest BCUT2D eigenvalue weighted by atomic mass is 10.1. The molecular weight excluding hydrogens is 404 g/mol. The van der Waals surface area contributed by atoms with Crippen molar-refractivity contribution in [1.82, 2.24) is 0 Å². The van der Waals surface area contributed by atoms with Crippen molar-refractivity contribution in [3.8, 4) is 23.0 Å². The van der Waals surface area contributed by atoms with E-state index in [9.17, 15) is 4.79 Å².